The molecule has 0 spiro atoms. The fourth-order valence-electron chi connectivity index (χ4n) is 4.34. The molecule has 2 aromatic rings. The molecule has 33 heavy (non-hydrogen) atoms. The van der Waals surface area contributed by atoms with Crippen LogP contribution in [0.2, 0.25) is 0 Å². The number of piperidine rings is 1. The van der Waals surface area contributed by atoms with Crippen LogP contribution in [0.3, 0.4) is 0 Å². The van der Waals surface area contributed by atoms with Gasteiger partial charge in [0.2, 0.25) is 0 Å². The van der Waals surface area contributed by atoms with E-state index in [0.717, 1.165) is 32.1 Å². The normalized spacial score (nSPS) is 16.5. The van der Waals surface area contributed by atoms with Gasteiger partial charge in [0, 0.05) is 26.2 Å². The van der Waals surface area contributed by atoms with Gasteiger partial charge in [-0.1, -0.05) is 12.1 Å². The summed E-state index contributed by atoms with van der Waals surface area (Å²) in [4.78, 5) is 29.4. The largest absolute Gasteiger partial charge is 0.496 e. The van der Waals surface area contributed by atoms with Crippen LogP contribution in [0.5, 0.6) is 5.75 Å². The van der Waals surface area contributed by atoms with Gasteiger partial charge in [-0.25, -0.2) is 8.42 Å². The van der Waals surface area contributed by atoms with Crippen LogP contribution in [0.25, 0.3) is 0 Å². The number of carbonyl (C=O) groups excluding carboxylic acids is 2. The lowest BCUT2D eigenvalue weighted by Crippen LogP contribution is -2.36. The molecule has 1 N–H and O–H groups in total. The Morgan fingerprint density at radius 3 is 2.03 bits per heavy atom. The van der Waals surface area contributed by atoms with Crippen LogP contribution in [0.1, 0.15) is 52.8 Å². The van der Waals surface area contributed by atoms with E-state index in [9.17, 15) is 18.0 Å². The van der Waals surface area contributed by atoms with Crippen molar-refractivity contribution in [1.82, 2.24) is 9.80 Å². The minimum Gasteiger partial charge on any atom is -0.496 e. The first kappa shape index (κ1) is 23.1. The van der Waals surface area contributed by atoms with Gasteiger partial charge in [-0.05, 0) is 62.4 Å². The van der Waals surface area contributed by atoms with Crippen LogP contribution >= 0.6 is 0 Å². The predicted molar refractivity (Wildman–Crippen MR) is 125 cm³/mol. The standard InChI is InChI=1S/C24H29N3O5S/c1-32-22-12-11-18(17-20(22)24(29)27-15-7-8-16-27)33(30,31)25-21-10-4-3-9-19(21)23(28)26-13-5-2-6-14-26/h3-4,9-12,17,25H,2,5-8,13-16H2,1H3. The monoisotopic (exact) mass is 471 g/mol. The van der Waals surface area contributed by atoms with E-state index in [2.05, 4.69) is 4.72 Å². The van der Waals surface area contributed by atoms with E-state index in [1.807, 2.05) is 0 Å². The topological polar surface area (TPSA) is 96.0 Å². The minimum absolute atomic E-state index is 0.0638. The number of rotatable bonds is 6. The first-order chi connectivity index (χ1) is 15.9. The molecule has 2 fully saturated rings. The number of likely N-dealkylation sites (tertiary alicyclic amines) is 2. The Hall–Kier alpha value is -3.07. The summed E-state index contributed by atoms with van der Waals surface area (Å²) in [5.41, 5.74) is 0.737. The minimum atomic E-state index is -4.05. The summed E-state index contributed by atoms with van der Waals surface area (Å²) < 4.78 is 34.4. The van der Waals surface area contributed by atoms with Gasteiger partial charge in [0.25, 0.3) is 21.8 Å². The number of hydrogen-bond donors (Lipinski definition) is 1. The van der Waals surface area contributed by atoms with Crippen molar-refractivity contribution in [1.29, 1.82) is 0 Å². The maximum absolute atomic E-state index is 13.2. The fourth-order valence-corrected chi connectivity index (χ4v) is 5.45. The van der Waals surface area contributed by atoms with Crippen molar-refractivity contribution in [3.8, 4) is 5.75 Å². The maximum atomic E-state index is 13.2. The van der Waals surface area contributed by atoms with Crippen molar-refractivity contribution in [2.75, 3.05) is 38.0 Å². The Kier molecular flexibility index (Phi) is 6.88. The molecule has 8 nitrogen and oxygen atoms in total. The molecule has 0 radical (unpaired) electrons. The quantitative estimate of drug-likeness (QED) is 0.697. The zero-order valence-electron chi connectivity index (χ0n) is 18.7. The van der Waals surface area contributed by atoms with Crippen molar-refractivity contribution in [2.45, 2.75) is 37.0 Å². The Bertz CT molecular complexity index is 1140. The summed E-state index contributed by atoms with van der Waals surface area (Å²) in [7, 11) is -2.60. The average Bonchev–Trinajstić information content (AvgIpc) is 3.38. The highest BCUT2D eigenvalue weighted by Gasteiger charge is 2.27. The van der Waals surface area contributed by atoms with E-state index in [0.29, 0.717) is 37.5 Å². The zero-order chi connectivity index (χ0) is 23.4. The molecule has 4 rings (SSSR count). The fraction of sp³-hybridized carbons (Fsp3) is 0.417. The molecule has 0 bridgehead atoms. The Morgan fingerprint density at radius 1 is 0.818 bits per heavy atom. The first-order valence-corrected chi connectivity index (χ1v) is 12.8. The molecule has 0 unspecified atom stereocenters. The highest BCUT2D eigenvalue weighted by molar-refractivity contribution is 7.92. The van der Waals surface area contributed by atoms with Crippen LogP contribution < -0.4 is 9.46 Å². The number of sulfonamides is 1. The molecule has 2 aliphatic heterocycles. The van der Waals surface area contributed by atoms with Crippen LogP contribution in [0, 0.1) is 0 Å². The van der Waals surface area contributed by atoms with Gasteiger partial charge >= 0.3 is 0 Å². The first-order valence-electron chi connectivity index (χ1n) is 11.3. The highest BCUT2D eigenvalue weighted by Crippen LogP contribution is 2.28. The summed E-state index contributed by atoms with van der Waals surface area (Å²) in [5, 5.41) is 0. The molecule has 0 saturated carbocycles. The number of para-hydroxylation sites is 1. The van der Waals surface area contributed by atoms with Crippen LogP contribution in [0.15, 0.2) is 47.4 Å². The van der Waals surface area contributed by atoms with Crippen molar-refractivity contribution < 1.29 is 22.7 Å². The van der Waals surface area contributed by atoms with E-state index >= 15 is 0 Å². The molecular weight excluding hydrogens is 442 g/mol. The van der Waals surface area contributed by atoms with Crippen LogP contribution in [0.4, 0.5) is 5.69 Å². The number of amides is 2. The number of benzene rings is 2. The number of anilines is 1. The van der Waals surface area contributed by atoms with Gasteiger partial charge in [0.05, 0.1) is 28.8 Å². The van der Waals surface area contributed by atoms with E-state index < -0.39 is 10.0 Å². The van der Waals surface area contributed by atoms with E-state index in [-0.39, 0.29) is 28.0 Å². The molecule has 0 aromatic heterocycles. The van der Waals surface area contributed by atoms with Crippen LogP contribution in [-0.2, 0) is 10.0 Å². The van der Waals surface area contributed by atoms with E-state index in [1.54, 1.807) is 34.1 Å². The van der Waals surface area contributed by atoms with Gasteiger partial charge in [-0.2, -0.15) is 0 Å². The molecule has 0 aliphatic carbocycles. The molecule has 176 valence electrons. The van der Waals surface area contributed by atoms with Crippen LogP contribution in [-0.4, -0.2) is 63.3 Å². The molecule has 2 heterocycles. The Labute approximate surface area is 194 Å². The van der Waals surface area contributed by atoms with Gasteiger partial charge in [-0.15, -0.1) is 0 Å². The third-order valence-corrected chi connectivity index (χ3v) is 7.51. The van der Waals surface area contributed by atoms with Gasteiger partial charge < -0.3 is 14.5 Å². The van der Waals surface area contributed by atoms with Gasteiger partial charge in [-0.3, -0.25) is 14.3 Å². The lowest BCUT2D eigenvalue weighted by atomic mass is 10.1. The summed E-state index contributed by atoms with van der Waals surface area (Å²) in [6.45, 7) is 2.62. The predicted octanol–water partition coefficient (Wildman–Crippen LogP) is 3.36. The third kappa shape index (κ3) is 4.98. The lowest BCUT2D eigenvalue weighted by Gasteiger charge is -2.27. The van der Waals surface area contributed by atoms with Crippen molar-refractivity contribution >= 4 is 27.5 Å². The number of ether oxygens (including phenoxy) is 1. The number of nitrogens with zero attached hydrogens (tertiary/aromatic N) is 2. The maximum Gasteiger partial charge on any atom is 0.261 e. The summed E-state index contributed by atoms with van der Waals surface area (Å²) in [6.07, 6.45) is 4.83. The molecule has 2 aromatic carbocycles. The third-order valence-electron chi connectivity index (χ3n) is 6.15. The van der Waals surface area contributed by atoms with Gasteiger partial charge in [0.1, 0.15) is 5.75 Å². The van der Waals surface area contributed by atoms with E-state index in [1.165, 1.54) is 25.3 Å². The number of carbonyl (C=O) groups is 2. The Balaban J connectivity index is 1.63. The van der Waals surface area contributed by atoms with Crippen molar-refractivity contribution in [2.24, 2.45) is 0 Å². The van der Waals surface area contributed by atoms with Crippen molar-refractivity contribution in [3.63, 3.8) is 0 Å². The SMILES string of the molecule is COc1ccc(S(=O)(=O)Nc2ccccc2C(=O)N2CCCCC2)cc1C(=O)N1CCCC1. The number of nitrogens with one attached hydrogen (secondary N) is 1. The van der Waals surface area contributed by atoms with Crippen molar-refractivity contribution in [3.05, 3.63) is 53.6 Å². The van der Waals surface area contributed by atoms with E-state index in [4.69, 9.17) is 4.74 Å². The molecule has 9 heteroatoms. The smallest absolute Gasteiger partial charge is 0.261 e. The second-order valence-electron chi connectivity index (χ2n) is 8.37. The molecule has 2 saturated heterocycles. The lowest BCUT2D eigenvalue weighted by molar-refractivity contribution is 0.0724. The summed E-state index contributed by atoms with van der Waals surface area (Å²) in [5.74, 6) is -0.110. The highest BCUT2D eigenvalue weighted by atomic mass is 32.2. The zero-order valence-corrected chi connectivity index (χ0v) is 19.6. The summed E-state index contributed by atoms with van der Waals surface area (Å²) in [6, 6.07) is 10.8. The molecule has 2 amide bonds. The Morgan fingerprint density at radius 2 is 1.39 bits per heavy atom. The molecular formula is C24H29N3O5S. The summed E-state index contributed by atoms with van der Waals surface area (Å²) >= 11 is 0. The molecule has 2 aliphatic rings. The average molecular weight is 472 g/mol. The molecule has 0 atom stereocenters. The van der Waals surface area contributed by atoms with Gasteiger partial charge in [0.15, 0.2) is 0 Å². The number of hydrogen-bond acceptors (Lipinski definition) is 5. The second kappa shape index (κ2) is 9.82. The second-order valence-corrected chi connectivity index (χ2v) is 10.0. The number of methoxy groups -OCH3 is 1.